The molecule has 1 fully saturated rings. The third-order valence-corrected chi connectivity index (χ3v) is 3.83. The van der Waals surface area contributed by atoms with Crippen LogP contribution in [0.3, 0.4) is 0 Å². The number of rotatable bonds is 2. The Kier molecular flexibility index (Phi) is 2.30. The number of carbonyl (C=O) groups is 1. The maximum Gasteiger partial charge on any atom is 0.154 e. The molecule has 86 valence electrons. The zero-order chi connectivity index (χ0) is 11.1. The van der Waals surface area contributed by atoms with Gasteiger partial charge >= 0.3 is 0 Å². The van der Waals surface area contributed by atoms with Crippen LogP contribution in [0.15, 0.2) is 0 Å². The van der Waals surface area contributed by atoms with Crippen molar-refractivity contribution in [1.82, 2.24) is 14.8 Å². The van der Waals surface area contributed by atoms with E-state index in [0.29, 0.717) is 5.92 Å². The molecule has 0 amide bonds. The summed E-state index contributed by atoms with van der Waals surface area (Å²) in [5.74, 6) is 2.78. The van der Waals surface area contributed by atoms with Gasteiger partial charge < -0.3 is 0 Å². The molecule has 1 aromatic heterocycles. The van der Waals surface area contributed by atoms with E-state index in [2.05, 4.69) is 10.1 Å². The molecule has 16 heavy (non-hydrogen) atoms. The van der Waals surface area contributed by atoms with Gasteiger partial charge in [0.2, 0.25) is 0 Å². The Morgan fingerprint density at radius 3 is 2.75 bits per heavy atom. The first kappa shape index (κ1) is 10.00. The zero-order valence-corrected chi connectivity index (χ0v) is 9.65. The number of nitrogens with zero attached hydrogens (tertiary/aromatic N) is 3. The van der Waals surface area contributed by atoms with E-state index in [1.54, 1.807) is 6.92 Å². The molecular weight excluding hydrogens is 202 g/mol. The van der Waals surface area contributed by atoms with Gasteiger partial charge in [-0.15, -0.1) is 0 Å². The summed E-state index contributed by atoms with van der Waals surface area (Å²) >= 11 is 0. The third kappa shape index (κ3) is 1.47. The summed E-state index contributed by atoms with van der Waals surface area (Å²) in [4.78, 5) is 16.1. The molecule has 0 saturated heterocycles. The second kappa shape index (κ2) is 3.68. The Labute approximate surface area is 95.1 Å². The highest BCUT2D eigenvalue weighted by molar-refractivity contribution is 5.80. The minimum atomic E-state index is -0.0509. The Hall–Kier alpha value is -1.19. The van der Waals surface area contributed by atoms with Gasteiger partial charge in [0.25, 0.3) is 0 Å². The maximum absolute atomic E-state index is 11.5. The molecule has 1 unspecified atom stereocenters. The molecule has 1 aromatic rings. The van der Waals surface area contributed by atoms with E-state index in [-0.39, 0.29) is 11.8 Å². The van der Waals surface area contributed by atoms with Crippen LogP contribution in [0.25, 0.3) is 0 Å². The molecular formula is C12H17N3O. The first-order valence-electron chi connectivity index (χ1n) is 6.21. The van der Waals surface area contributed by atoms with Crippen LogP contribution in [0.4, 0.5) is 0 Å². The molecule has 1 saturated carbocycles. The summed E-state index contributed by atoms with van der Waals surface area (Å²) in [6, 6.07) is -0.0509. The first-order chi connectivity index (χ1) is 7.75. The normalized spacial score (nSPS) is 24.9. The van der Waals surface area contributed by atoms with Gasteiger partial charge in [0.1, 0.15) is 11.9 Å². The smallest absolute Gasteiger partial charge is 0.154 e. The summed E-state index contributed by atoms with van der Waals surface area (Å²) in [5.41, 5.74) is 0. The first-order valence-corrected chi connectivity index (χ1v) is 6.21. The lowest BCUT2D eigenvalue weighted by Crippen LogP contribution is -2.24. The third-order valence-electron chi connectivity index (χ3n) is 3.83. The molecule has 0 spiro atoms. The molecule has 2 aliphatic rings. The van der Waals surface area contributed by atoms with Crippen molar-refractivity contribution in [3.8, 4) is 0 Å². The van der Waals surface area contributed by atoms with E-state index in [9.17, 15) is 4.79 Å². The number of aromatic nitrogens is 3. The largest absolute Gasteiger partial charge is 0.298 e. The predicted molar refractivity (Wildman–Crippen MR) is 59.3 cm³/mol. The van der Waals surface area contributed by atoms with Crippen molar-refractivity contribution in [3.05, 3.63) is 11.6 Å². The Balaban J connectivity index is 1.94. The van der Waals surface area contributed by atoms with Gasteiger partial charge in [-0.25, -0.2) is 9.67 Å². The van der Waals surface area contributed by atoms with E-state index in [1.807, 2.05) is 4.68 Å². The van der Waals surface area contributed by atoms with Crippen molar-refractivity contribution in [2.75, 3.05) is 0 Å². The Bertz CT molecular complexity index is 420. The minimum absolute atomic E-state index is 0.0509. The highest BCUT2D eigenvalue weighted by atomic mass is 16.1. The van der Waals surface area contributed by atoms with Crippen LogP contribution in [-0.4, -0.2) is 20.5 Å². The van der Waals surface area contributed by atoms with E-state index in [0.717, 1.165) is 30.9 Å². The van der Waals surface area contributed by atoms with E-state index in [4.69, 9.17) is 0 Å². The molecule has 4 heteroatoms. The highest BCUT2D eigenvalue weighted by Gasteiger charge is 2.30. The van der Waals surface area contributed by atoms with Gasteiger partial charge in [0, 0.05) is 12.3 Å². The van der Waals surface area contributed by atoms with Gasteiger partial charge in [-0.05, 0) is 32.6 Å². The maximum atomic E-state index is 11.5. The average Bonchev–Trinajstić information content (AvgIpc) is 2.56. The molecule has 0 radical (unpaired) electrons. The van der Waals surface area contributed by atoms with Crippen molar-refractivity contribution < 1.29 is 4.79 Å². The molecule has 1 atom stereocenters. The summed E-state index contributed by atoms with van der Waals surface area (Å²) < 4.78 is 1.89. The fraction of sp³-hybridized carbons (Fsp3) is 0.750. The molecule has 0 N–H and O–H groups in total. The number of fused-ring (bicyclic) bond motifs is 1. The highest BCUT2D eigenvalue weighted by Crippen LogP contribution is 2.35. The number of hydrogen-bond donors (Lipinski definition) is 0. The molecule has 0 aromatic carbocycles. The van der Waals surface area contributed by atoms with Crippen LogP contribution >= 0.6 is 0 Å². The topological polar surface area (TPSA) is 47.8 Å². The molecule has 4 nitrogen and oxygen atoms in total. The lowest BCUT2D eigenvalue weighted by Gasteiger charge is -2.22. The van der Waals surface area contributed by atoms with Crippen LogP contribution in [0.2, 0.25) is 0 Å². The minimum Gasteiger partial charge on any atom is -0.298 e. The van der Waals surface area contributed by atoms with Gasteiger partial charge in [-0.3, -0.25) is 4.79 Å². The van der Waals surface area contributed by atoms with E-state index < -0.39 is 0 Å². The fourth-order valence-corrected chi connectivity index (χ4v) is 2.58. The summed E-state index contributed by atoms with van der Waals surface area (Å²) in [7, 11) is 0. The van der Waals surface area contributed by atoms with Gasteiger partial charge in [0.15, 0.2) is 11.6 Å². The van der Waals surface area contributed by atoms with E-state index >= 15 is 0 Å². The number of ketones is 1. The predicted octanol–water partition coefficient (Wildman–Crippen LogP) is 2.01. The molecule has 0 bridgehead atoms. The SMILES string of the molecule is CC(=O)C1CCCc2nc(C3CCC3)nn21. The van der Waals surface area contributed by atoms with Gasteiger partial charge in [-0.1, -0.05) is 6.42 Å². The Morgan fingerprint density at radius 2 is 2.12 bits per heavy atom. The second-order valence-corrected chi connectivity index (χ2v) is 4.98. The quantitative estimate of drug-likeness (QED) is 0.764. The van der Waals surface area contributed by atoms with Crippen molar-refractivity contribution >= 4 is 5.78 Å². The van der Waals surface area contributed by atoms with Crippen molar-refractivity contribution in [3.63, 3.8) is 0 Å². The number of Topliss-reactive ketones (excluding diaryl/α,β-unsaturated/α-hetero) is 1. The second-order valence-electron chi connectivity index (χ2n) is 4.98. The molecule has 2 heterocycles. The summed E-state index contributed by atoms with van der Waals surface area (Å²) in [6.07, 6.45) is 6.69. The van der Waals surface area contributed by atoms with Gasteiger partial charge in [0.05, 0.1) is 0 Å². The van der Waals surface area contributed by atoms with E-state index in [1.165, 1.54) is 19.3 Å². The fourth-order valence-electron chi connectivity index (χ4n) is 2.58. The number of carbonyl (C=O) groups excluding carboxylic acids is 1. The lowest BCUT2D eigenvalue weighted by molar-refractivity contribution is -0.120. The zero-order valence-electron chi connectivity index (χ0n) is 9.65. The molecule has 1 aliphatic carbocycles. The monoisotopic (exact) mass is 219 g/mol. The summed E-state index contributed by atoms with van der Waals surface area (Å²) in [5, 5.41) is 4.56. The molecule has 3 rings (SSSR count). The van der Waals surface area contributed by atoms with Crippen molar-refractivity contribution in [2.45, 2.75) is 57.4 Å². The molecule has 1 aliphatic heterocycles. The van der Waals surface area contributed by atoms with Gasteiger partial charge in [-0.2, -0.15) is 5.10 Å². The number of aryl methyl sites for hydroxylation is 1. The van der Waals surface area contributed by atoms with Crippen LogP contribution in [0.1, 0.15) is 62.6 Å². The van der Waals surface area contributed by atoms with Crippen molar-refractivity contribution in [2.24, 2.45) is 0 Å². The summed E-state index contributed by atoms with van der Waals surface area (Å²) in [6.45, 7) is 1.66. The van der Waals surface area contributed by atoms with Crippen LogP contribution < -0.4 is 0 Å². The average molecular weight is 219 g/mol. The van der Waals surface area contributed by atoms with Crippen molar-refractivity contribution in [1.29, 1.82) is 0 Å². The standard InChI is InChI=1S/C12H17N3O/c1-8(16)10-6-3-7-11-13-12(14-15(10)11)9-4-2-5-9/h9-10H,2-7H2,1H3. The lowest BCUT2D eigenvalue weighted by atomic mass is 9.85. The number of hydrogen-bond acceptors (Lipinski definition) is 3. The van der Waals surface area contributed by atoms with Crippen LogP contribution in [0.5, 0.6) is 0 Å². The van der Waals surface area contributed by atoms with Crippen LogP contribution in [0, 0.1) is 0 Å². The Morgan fingerprint density at radius 1 is 1.31 bits per heavy atom. The van der Waals surface area contributed by atoms with Crippen LogP contribution in [-0.2, 0) is 11.2 Å².